The van der Waals surface area contributed by atoms with E-state index in [1.807, 2.05) is 0 Å². The first-order chi connectivity index (χ1) is 2.00. The van der Waals surface area contributed by atoms with E-state index in [-0.39, 0.29) is 39.7 Å². The van der Waals surface area contributed by atoms with Gasteiger partial charge in [-0.05, 0) is 0 Å². The summed E-state index contributed by atoms with van der Waals surface area (Å²) in [7, 11) is -4.67. The average Bonchev–Trinajstić information content (AvgIpc) is 0.722. The van der Waals surface area contributed by atoms with Crippen LogP contribution in [0.15, 0.2) is 0 Å². The molecular formula is H5AgAlO4S. The molecule has 0 saturated carbocycles. The number of hydrogen-bond donors (Lipinski definition) is 2. The second kappa shape index (κ2) is 5.28. The fourth-order valence-corrected chi connectivity index (χ4v) is 0. The predicted octanol–water partition coefficient (Wildman–Crippen LogP) is -1.84. The van der Waals surface area contributed by atoms with Gasteiger partial charge in [0, 0.05) is 22.4 Å². The van der Waals surface area contributed by atoms with E-state index in [9.17, 15) is 0 Å². The molecule has 0 saturated heterocycles. The van der Waals surface area contributed by atoms with E-state index >= 15 is 0 Å². The van der Waals surface area contributed by atoms with Gasteiger partial charge >= 0.3 is 10.4 Å². The molecule has 0 aliphatic carbocycles. The van der Waals surface area contributed by atoms with Crippen LogP contribution in [0.4, 0.5) is 0 Å². The van der Waals surface area contributed by atoms with Gasteiger partial charge in [0.1, 0.15) is 0 Å². The third kappa shape index (κ3) is 145. The Balaban J connectivity index is -0.0000000800. The molecule has 0 rings (SSSR count). The first kappa shape index (κ1) is 15.7. The molecule has 0 amide bonds. The first-order valence-corrected chi connectivity index (χ1v) is 2.10. The summed E-state index contributed by atoms with van der Waals surface area (Å²) in [6.45, 7) is 0. The monoisotopic (exact) mass is 235 g/mol. The Kier molecular flexibility index (Phi) is 11.9. The van der Waals surface area contributed by atoms with Crippen LogP contribution in [-0.2, 0) is 32.8 Å². The molecule has 0 aliphatic heterocycles. The van der Waals surface area contributed by atoms with Gasteiger partial charge in [-0.2, -0.15) is 8.42 Å². The molecule has 7 heteroatoms. The fourth-order valence-electron chi connectivity index (χ4n) is 0. The zero-order valence-electron chi connectivity index (χ0n) is 2.42. The summed E-state index contributed by atoms with van der Waals surface area (Å²) in [5.41, 5.74) is 0. The maximum atomic E-state index is 8.74. The van der Waals surface area contributed by atoms with Crippen molar-refractivity contribution in [2.75, 3.05) is 0 Å². The van der Waals surface area contributed by atoms with Gasteiger partial charge in [-0.25, -0.2) is 0 Å². The molecule has 0 aliphatic rings. The maximum Gasteiger partial charge on any atom is 0.394 e. The van der Waals surface area contributed by atoms with Crippen molar-refractivity contribution in [2.24, 2.45) is 0 Å². The summed E-state index contributed by atoms with van der Waals surface area (Å²) in [6, 6.07) is 0. The van der Waals surface area contributed by atoms with Gasteiger partial charge in [0.15, 0.2) is 17.4 Å². The van der Waals surface area contributed by atoms with E-state index < -0.39 is 10.4 Å². The smallest absolute Gasteiger partial charge is 0.264 e. The normalized spacial score (nSPS) is 8.29. The van der Waals surface area contributed by atoms with Gasteiger partial charge in [0.25, 0.3) is 0 Å². The SMILES string of the molecule is O=S(=O)(O)O.[Ag].[AlH3]. The van der Waals surface area contributed by atoms with Crippen LogP contribution in [0.2, 0.25) is 0 Å². The Hall–Kier alpha value is 1.14. The van der Waals surface area contributed by atoms with Gasteiger partial charge in [-0.3, -0.25) is 9.11 Å². The topological polar surface area (TPSA) is 74.6 Å². The van der Waals surface area contributed by atoms with Crippen molar-refractivity contribution in [1.29, 1.82) is 0 Å². The van der Waals surface area contributed by atoms with Gasteiger partial charge in [-0.15, -0.1) is 0 Å². The summed E-state index contributed by atoms with van der Waals surface area (Å²) < 4.78 is 31.6. The van der Waals surface area contributed by atoms with E-state index in [1.165, 1.54) is 0 Å². The predicted molar refractivity (Wildman–Crippen MR) is 24.1 cm³/mol. The van der Waals surface area contributed by atoms with Crippen LogP contribution in [0.5, 0.6) is 0 Å². The zero-order chi connectivity index (χ0) is 4.50. The zero-order valence-corrected chi connectivity index (χ0v) is 4.72. The molecule has 2 N–H and O–H groups in total. The largest absolute Gasteiger partial charge is 0.394 e. The third-order valence-corrected chi connectivity index (χ3v) is 0. The van der Waals surface area contributed by atoms with Crippen LogP contribution in [0.25, 0.3) is 0 Å². The van der Waals surface area contributed by atoms with Gasteiger partial charge in [0.05, 0.1) is 0 Å². The summed E-state index contributed by atoms with van der Waals surface area (Å²) in [4.78, 5) is 0. The quantitative estimate of drug-likeness (QED) is 0.383. The van der Waals surface area contributed by atoms with E-state index in [0.29, 0.717) is 0 Å². The molecule has 0 heterocycles. The van der Waals surface area contributed by atoms with Crippen LogP contribution in [-0.4, -0.2) is 34.9 Å². The summed E-state index contributed by atoms with van der Waals surface area (Å²) in [5.74, 6) is 0. The van der Waals surface area contributed by atoms with Crippen molar-refractivity contribution >= 4 is 27.8 Å². The molecule has 0 aromatic heterocycles. The van der Waals surface area contributed by atoms with E-state index in [1.54, 1.807) is 0 Å². The Morgan fingerprint density at radius 2 is 1.14 bits per heavy atom. The Bertz CT molecular complexity index is 94.9. The standard InChI is InChI=1S/Ag.Al.H2O4S.3H/c;;1-5(2,3)4;;;/h;;(H2,1,2,3,4);;;. The van der Waals surface area contributed by atoms with Crippen LogP contribution in [0.1, 0.15) is 0 Å². The molecule has 1 radical (unpaired) electrons. The number of rotatable bonds is 0. The minimum atomic E-state index is -4.67. The molecule has 4 nitrogen and oxygen atoms in total. The molecule has 0 bridgehead atoms. The van der Waals surface area contributed by atoms with Gasteiger partial charge in [0.2, 0.25) is 0 Å². The van der Waals surface area contributed by atoms with Crippen molar-refractivity contribution in [3.63, 3.8) is 0 Å². The van der Waals surface area contributed by atoms with E-state index in [2.05, 4.69) is 0 Å². The molecule has 0 aromatic carbocycles. The molecule has 7 heavy (non-hydrogen) atoms. The molecule has 0 fully saturated rings. The molecule has 0 unspecified atom stereocenters. The Morgan fingerprint density at radius 1 is 1.14 bits per heavy atom. The van der Waals surface area contributed by atoms with Crippen molar-refractivity contribution < 1.29 is 39.9 Å². The summed E-state index contributed by atoms with van der Waals surface area (Å²) in [5, 5.41) is 0. The van der Waals surface area contributed by atoms with Crippen LogP contribution in [0.3, 0.4) is 0 Å². The molecule has 0 atom stereocenters. The molecule has 49 valence electrons. The first-order valence-electron chi connectivity index (χ1n) is 0.698. The third-order valence-electron chi connectivity index (χ3n) is 0. The van der Waals surface area contributed by atoms with E-state index in [0.717, 1.165) is 0 Å². The molecular weight excluding hydrogens is 231 g/mol. The average molecular weight is 236 g/mol. The van der Waals surface area contributed by atoms with Gasteiger partial charge < -0.3 is 0 Å². The van der Waals surface area contributed by atoms with Crippen molar-refractivity contribution in [2.45, 2.75) is 0 Å². The van der Waals surface area contributed by atoms with Crippen LogP contribution in [0, 0.1) is 0 Å². The van der Waals surface area contributed by atoms with Crippen LogP contribution < -0.4 is 0 Å². The maximum absolute atomic E-state index is 8.74. The molecule has 0 aromatic rings. The van der Waals surface area contributed by atoms with Crippen molar-refractivity contribution in [1.82, 2.24) is 0 Å². The second-order valence-corrected chi connectivity index (χ2v) is 1.34. The van der Waals surface area contributed by atoms with Crippen LogP contribution >= 0.6 is 0 Å². The second-order valence-electron chi connectivity index (χ2n) is 0.448. The summed E-state index contributed by atoms with van der Waals surface area (Å²) >= 11 is 0. The Morgan fingerprint density at radius 3 is 1.14 bits per heavy atom. The van der Waals surface area contributed by atoms with Gasteiger partial charge in [-0.1, -0.05) is 0 Å². The number of hydrogen-bond acceptors (Lipinski definition) is 2. The van der Waals surface area contributed by atoms with E-state index in [4.69, 9.17) is 17.5 Å². The van der Waals surface area contributed by atoms with Crippen molar-refractivity contribution in [3.8, 4) is 0 Å². The molecule has 0 spiro atoms. The minimum Gasteiger partial charge on any atom is -0.264 e. The summed E-state index contributed by atoms with van der Waals surface area (Å²) in [6.07, 6.45) is 0. The Labute approximate surface area is 67.5 Å². The van der Waals surface area contributed by atoms with Crippen molar-refractivity contribution in [3.05, 3.63) is 0 Å². The minimum absolute atomic E-state index is 0. The fraction of sp³-hybridized carbons (Fsp3) is 0.